The largest absolute Gasteiger partial charge is 0.486 e. The van der Waals surface area contributed by atoms with Gasteiger partial charge in [-0.1, -0.05) is 35.9 Å². The van der Waals surface area contributed by atoms with E-state index >= 15 is 0 Å². The van der Waals surface area contributed by atoms with Crippen LogP contribution in [0.4, 0.5) is 0 Å². The van der Waals surface area contributed by atoms with E-state index in [9.17, 15) is 4.79 Å². The Morgan fingerprint density at radius 1 is 0.970 bits per heavy atom. The lowest BCUT2D eigenvalue weighted by Crippen LogP contribution is -2.43. The topological polar surface area (TPSA) is 55.7 Å². The molecule has 6 nitrogen and oxygen atoms in total. The number of benzene rings is 2. The maximum absolute atomic E-state index is 12.5. The first kappa shape index (κ1) is 23.9. The fourth-order valence-electron chi connectivity index (χ4n) is 4.59. The Balaban J connectivity index is 0.00000259. The predicted molar refractivity (Wildman–Crippen MR) is 134 cm³/mol. The van der Waals surface area contributed by atoms with E-state index in [1.165, 1.54) is 11.6 Å². The van der Waals surface area contributed by atoms with Gasteiger partial charge in [0, 0.05) is 37.1 Å². The first-order valence-corrected chi connectivity index (χ1v) is 11.7. The highest BCUT2D eigenvalue weighted by molar-refractivity contribution is 6.35. The molecule has 8 heteroatoms. The van der Waals surface area contributed by atoms with Crippen LogP contribution in [0.3, 0.4) is 0 Å². The Kier molecular flexibility index (Phi) is 7.81. The molecular formula is C25H29Cl2N3O3. The summed E-state index contributed by atoms with van der Waals surface area (Å²) in [7, 11) is 0. The van der Waals surface area contributed by atoms with Gasteiger partial charge in [-0.05, 0) is 49.7 Å². The Labute approximate surface area is 204 Å². The van der Waals surface area contributed by atoms with Gasteiger partial charge in [0.25, 0.3) is 5.56 Å². The van der Waals surface area contributed by atoms with Gasteiger partial charge in [-0.3, -0.25) is 4.79 Å². The number of piperidine rings is 1. The molecule has 3 heterocycles. The second-order valence-corrected chi connectivity index (χ2v) is 8.88. The number of nitrogens with zero attached hydrogens (tertiary/aromatic N) is 2. The van der Waals surface area contributed by atoms with E-state index in [-0.39, 0.29) is 18.0 Å². The fraction of sp³-hybridized carbons (Fsp3) is 0.400. The minimum absolute atomic E-state index is 0. The summed E-state index contributed by atoms with van der Waals surface area (Å²) in [5.74, 6) is 1.68. The normalized spacial score (nSPS) is 16.5. The summed E-state index contributed by atoms with van der Waals surface area (Å²) in [6.45, 7) is 5.64. The quantitative estimate of drug-likeness (QED) is 0.564. The molecule has 0 atom stereocenters. The number of hydrogen-bond acceptors (Lipinski definition) is 5. The molecule has 0 unspecified atom stereocenters. The number of ether oxygens (including phenoxy) is 2. The molecule has 2 aliphatic heterocycles. The van der Waals surface area contributed by atoms with Gasteiger partial charge in [0.05, 0.1) is 10.5 Å². The van der Waals surface area contributed by atoms with Gasteiger partial charge in [0.2, 0.25) is 0 Å². The van der Waals surface area contributed by atoms with Crippen LogP contribution in [0, 0.1) is 0 Å². The SMILES string of the molecule is Cl.O=c1cc(Cl)c2ccccc2n1CCN1CCC(NCc2ccc3c(c2)OCCO3)CC1. The Morgan fingerprint density at radius 3 is 2.55 bits per heavy atom. The number of rotatable bonds is 6. The van der Waals surface area contributed by atoms with Crippen LogP contribution in [-0.2, 0) is 13.1 Å². The number of halogens is 2. The minimum atomic E-state index is -0.0373. The molecule has 5 rings (SSSR count). The molecule has 0 saturated carbocycles. The number of aromatic nitrogens is 1. The summed E-state index contributed by atoms with van der Waals surface area (Å²) in [5, 5.41) is 5.13. The number of pyridine rings is 1. The van der Waals surface area contributed by atoms with Crippen molar-refractivity contribution in [3.8, 4) is 11.5 Å². The lowest BCUT2D eigenvalue weighted by molar-refractivity contribution is 0.171. The fourth-order valence-corrected chi connectivity index (χ4v) is 4.84. The monoisotopic (exact) mass is 489 g/mol. The second-order valence-electron chi connectivity index (χ2n) is 8.47. The van der Waals surface area contributed by atoms with Crippen molar-refractivity contribution in [3.05, 3.63) is 69.5 Å². The van der Waals surface area contributed by atoms with Crippen molar-refractivity contribution in [2.24, 2.45) is 0 Å². The first-order valence-electron chi connectivity index (χ1n) is 11.3. The van der Waals surface area contributed by atoms with Crippen LogP contribution in [0.15, 0.2) is 53.3 Å². The van der Waals surface area contributed by atoms with Gasteiger partial charge in [0.15, 0.2) is 11.5 Å². The van der Waals surface area contributed by atoms with E-state index in [2.05, 4.69) is 22.3 Å². The predicted octanol–water partition coefficient (Wildman–Crippen LogP) is 4.10. The molecule has 0 bridgehead atoms. The molecule has 1 aromatic heterocycles. The molecule has 1 N–H and O–H groups in total. The Hall–Kier alpha value is -2.25. The van der Waals surface area contributed by atoms with Gasteiger partial charge in [0.1, 0.15) is 13.2 Å². The lowest BCUT2D eigenvalue weighted by Gasteiger charge is -2.32. The van der Waals surface area contributed by atoms with Gasteiger partial charge in [-0.15, -0.1) is 12.4 Å². The molecule has 0 radical (unpaired) electrons. The van der Waals surface area contributed by atoms with Crippen LogP contribution in [0.1, 0.15) is 18.4 Å². The number of likely N-dealkylation sites (tertiary alicyclic amines) is 1. The molecule has 0 spiro atoms. The summed E-state index contributed by atoms with van der Waals surface area (Å²) in [5.41, 5.74) is 2.08. The van der Waals surface area contributed by atoms with Crippen molar-refractivity contribution >= 4 is 34.9 Å². The van der Waals surface area contributed by atoms with Gasteiger partial charge in [-0.25, -0.2) is 0 Å². The third-order valence-electron chi connectivity index (χ3n) is 6.40. The maximum atomic E-state index is 12.5. The highest BCUT2D eigenvalue weighted by Gasteiger charge is 2.19. The average Bonchev–Trinajstić information content (AvgIpc) is 2.83. The van der Waals surface area contributed by atoms with Crippen molar-refractivity contribution < 1.29 is 9.47 Å². The van der Waals surface area contributed by atoms with E-state index in [1.807, 2.05) is 34.9 Å². The van der Waals surface area contributed by atoms with Crippen LogP contribution in [0.2, 0.25) is 5.02 Å². The highest BCUT2D eigenvalue weighted by atomic mass is 35.5. The smallest absolute Gasteiger partial charge is 0.252 e. The van der Waals surface area contributed by atoms with Gasteiger partial charge >= 0.3 is 0 Å². The molecule has 0 amide bonds. The zero-order valence-electron chi connectivity index (χ0n) is 18.5. The van der Waals surface area contributed by atoms with Crippen molar-refractivity contribution in [2.75, 3.05) is 32.8 Å². The zero-order chi connectivity index (χ0) is 21.9. The zero-order valence-corrected chi connectivity index (χ0v) is 20.0. The van der Waals surface area contributed by atoms with Crippen LogP contribution < -0.4 is 20.3 Å². The third kappa shape index (κ3) is 5.46. The molecular weight excluding hydrogens is 461 g/mol. The van der Waals surface area contributed by atoms with E-state index < -0.39 is 0 Å². The highest BCUT2D eigenvalue weighted by Crippen LogP contribution is 2.30. The van der Waals surface area contributed by atoms with Crippen LogP contribution in [-0.4, -0.2) is 48.4 Å². The Bertz CT molecular complexity index is 1160. The van der Waals surface area contributed by atoms with Crippen molar-refractivity contribution in [2.45, 2.75) is 32.0 Å². The third-order valence-corrected chi connectivity index (χ3v) is 6.71. The van der Waals surface area contributed by atoms with Crippen LogP contribution in [0.5, 0.6) is 11.5 Å². The van der Waals surface area contributed by atoms with E-state index in [0.717, 1.165) is 61.4 Å². The molecule has 3 aromatic rings. The number of para-hydroxylation sites is 1. The summed E-state index contributed by atoms with van der Waals surface area (Å²) in [6, 6.07) is 16.0. The number of fused-ring (bicyclic) bond motifs is 2. The van der Waals surface area contributed by atoms with Crippen LogP contribution >= 0.6 is 24.0 Å². The van der Waals surface area contributed by atoms with E-state index in [0.29, 0.717) is 30.8 Å². The van der Waals surface area contributed by atoms with Gasteiger partial charge < -0.3 is 24.3 Å². The minimum Gasteiger partial charge on any atom is -0.486 e. The number of hydrogen-bond donors (Lipinski definition) is 1. The first-order chi connectivity index (χ1) is 15.7. The molecule has 1 saturated heterocycles. The average molecular weight is 490 g/mol. The summed E-state index contributed by atoms with van der Waals surface area (Å²) >= 11 is 6.26. The molecule has 1 fully saturated rings. The molecule has 2 aromatic carbocycles. The second kappa shape index (κ2) is 10.8. The van der Waals surface area contributed by atoms with Crippen molar-refractivity contribution in [3.63, 3.8) is 0 Å². The lowest BCUT2D eigenvalue weighted by atomic mass is 10.0. The Morgan fingerprint density at radius 2 is 1.73 bits per heavy atom. The molecule has 176 valence electrons. The summed E-state index contributed by atoms with van der Waals surface area (Å²) in [6.07, 6.45) is 2.20. The van der Waals surface area contributed by atoms with Gasteiger partial charge in [-0.2, -0.15) is 0 Å². The van der Waals surface area contributed by atoms with Crippen molar-refractivity contribution in [1.82, 2.24) is 14.8 Å². The summed E-state index contributed by atoms with van der Waals surface area (Å²) in [4.78, 5) is 15.0. The molecule has 0 aliphatic carbocycles. The van der Waals surface area contributed by atoms with E-state index in [1.54, 1.807) is 0 Å². The standard InChI is InChI=1S/C25H28ClN3O3.ClH/c26-21-16-25(30)29(22-4-2-1-3-20(21)22)12-11-28-9-7-19(8-10-28)27-17-18-5-6-23-24(15-18)32-14-13-31-23;/h1-6,15-16,19,27H,7-14,17H2;1H. The van der Waals surface area contributed by atoms with Crippen LogP contribution in [0.25, 0.3) is 10.9 Å². The molecule has 33 heavy (non-hydrogen) atoms. The molecule has 2 aliphatic rings. The summed E-state index contributed by atoms with van der Waals surface area (Å²) < 4.78 is 13.1. The number of nitrogens with one attached hydrogen (secondary N) is 1. The van der Waals surface area contributed by atoms with E-state index in [4.69, 9.17) is 21.1 Å². The maximum Gasteiger partial charge on any atom is 0.252 e. The van der Waals surface area contributed by atoms with Crippen molar-refractivity contribution in [1.29, 1.82) is 0 Å².